The van der Waals surface area contributed by atoms with Crippen molar-refractivity contribution >= 4 is 11.9 Å². The summed E-state index contributed by atoms with van der Waals surface area (Å²) in [5.41, 5.74) is 0. The number of hydrogen-bond acceptors (Lipinski definition) is 18. The molecule has 3 saturated heterocycles. The summed E-state index contributed by atoms with van der Waals surface area (Å²) in [5, 5.41) is 124. The van der Waals surface area contributed by atoms with Crippen LogP contribution >= 0.6 is 0 Å². The van der Waals surface area contributed by atoms with Crippen LogP contribution in [0.25, 0.3) is 0 Å². The zero-order valence-corrected chi connectivity index (χ0v) is 22.7. The smallest absolute Gasteiger partial charge is 0.364 e. The van der Waals surface area contributed by atoms with Gasteiger partial charge in [0.05, 0.1) is 32.0 Å². The summed E-state index contributed by atoms with van der Waals surface area (Å²) in [4.78, 5) is 24.3. The van der Waals surface area contributed by atoms with Crippen LogP contribution in [0.15, 0.2) is 0 Å². The van der Waals surface area contributed by atoms with Crippen LogP contribution in [0, 0.1) is 0 Å². The van der Waals surface area contributed by atoms with E-state index in [0.717, 1.165) is 6.92 Å². The molecule has 250 valence electrons. The van der Waals surface area contributed by atoms with Crippen molar-refractivity contribution < 1.29 is 94.6 Å². The molecule has 0 spiro atoms. The van der Waals surface area contributed by atoms with E-state index in [1.54, 1.807) is 0 Å². The van der Waals surface area contributed by atoms with Gasteiger partial charge in [0.2, 0.25) is 5.91 Å². The number of carboxylic acid groups (broad SMARTS) is 1. The largest absolute Gasteiger partial charge is 0.477 e. The molecular formula is C23H39NO19. The molecule has 0 aliphatic carbocycles. The molecule has 43 heavy (non-hydrogen) atoms. The van der Waals surface area contributed by atoms with Gasteiger partial charge in [0.25, 0.3) is 5.79 Å². The van der Waals surface area contributed by atoms with Crippen molar-refractivity contribution in [2.75, 3.05) is 19.8 Å². The number of amides is 1. The Morgan fingerprint density at radius 3 is 2.07 bits per heavy atom. The summed E-state index contributed by atoms with van der Waals surface area (Å²) in [6, 6.07) is -1.54. The highest BCUT2D eigenvalue weighted by molar-refractivity contribution is 5.76. The van der Waals surface area contributed by atoms with E-state index >= 15 is 0 Å². The van der Waals surface area contributed by atoms with Gasteiger partial charge in [-0.25, -0.2) is 4.79 Å². The summed E-state index contributed by atoms with van der Waals surface area (Å²) in [7, 11) is 0. The predicted octanol–water partition coefficient (Wildman–Crippen LogP) is -8.22. The number of carboxylic acids is 1. The van der Waals surface area contributed by atoms with Gasteiger partial charge in [0, 0.05) is 13.3 Å². The number of aliphatic hydroxyl groups excluding tert-OH is 11. The summed E-state index contributed by atoms with van der Waals surface area (Å²) in [6.07, 6.45) is -27.8. The number of rotatable bonds is 11. The number of nitrogens with one attached hydrogen (secondary N) is 1. The highest BCUT2D eigenvalue weighted by Gasteiger charge is 2.60. The van der Waals surface area contributed by atoms with Crippen LogP contribution in [-0.2, 0) is 33.3 Å². The summed E-state index contributed by atoms with van der Waals surface area (Å²) in [6.45, 7) is -1.85. The van der Waals surface area contributed by atoms with Gasteiger partial charge in [0.1, 0.15) is 67.1 Å². The minimum atomic E-state index is -3.02. The standard InChI is InChI=1S/C23H39NO19/c1-6(28)24-11-7(29)2-23(22(37)38,42-18(11)12(31)8(30)3-25)43-19-13(32)9(4-26)40-21(16(19)35)41-17-10(5-27)39-20(36)15(34)14(17)33/h7-21,25-27,29-36H,2-5H2,1H3,(H,24,28)(H,37,38)/t7-,8+,9+,10+,11+,12+,13-,14+,15+,16+,17-,18+,19-,20?,21-,23+/m0/s1. The second-order valence-electron chi connectivity index (χ2n) is 10.5. The molecule has 3 aliphatic rings. The first kappa shape index (κ1) is 35.8. The Morgan fingerprint density at radius 1 is 0.907 bits per heavy atom. The van der Waals surface area contributed by atoms with Gasteiger partial charge in [-0.1, -0.05) is 0 Å². The molecule has 3 fully saturated rings. The molecule has 1 amide bonds. The zero-order valence-electron chi connectivity index (χ0n) is 22.7. The topological polar surface area (TPSA) is 335 Å². The van der Waals surface area contributed by atoms with Gasteiger partial charge < -0.3 is 90.3 Å². The normalized spacial score (nSPS) is 45.3. The van der Waals surface area contributed by atoms with Crippen LogP contribution in [0.4, 0.5) is 0 Å². The molecule has 20 nitrogen and oxygen atoms in total. The van der Waals surface area contributed by atoms with Crippen LogP contribution in [0.1, 0.15) is 13.3 Å². The zero-order chi connectivity index (χ0) is 32.4. The van der Waals surface area contributed by atoms with Gasteiger partial charge in [-0.2, -0.15) is 0 Å². The van der Waals surface area contributed by atoms with E-state index < -0.39 is 136 Å². The Bertz CT molecular complexity index is 942. The van der Waals surface area contributed by atoms with E-state index in [1.807, 2.05) is 0 Å². The van der Waals surface area contributed by atoms with Crippen molar-refractivity contribution in [2.45, 2.75) is 111 Å². The van der Waals surface area contributed by atoms with Crippen molar-refractivity contribution in [3.8, 4) is 0 Å². The fourth-order valence-electron chi connectivity index (χ4n) is 5.16. The average Bonchev–Trinajstić information content (AvgIpc) is 2.96. The van der Waals surface area contributed by atoms with Crippen molar-refractivity contribution in [3.63, 3.8) is 0 Å². The third-order valence-corrected chi connectivity index (χ3v) is 7.47. The molecule has 0 radical (unpaired) electrons. The monoisotopic (exact) mass is 633 g/mol. The Labute approximate surface area is 243 Å². The maximum atomic E-state index is 12.5. The minimum absolute atomic E-state index is 0.749. The maximum Gasteiger partial charge on any atom is 0.364 e. The van der Waals surface area contributed by atoms with Crippen LogP contribution in [0.5, 0.6) is 0 Å². The van der Waals surface area contributed by atoms with E-state index in [1.165, 1.54) is 0 Å². The molecule has 1 unspecified atom stereocenters. The molecule has 0 aromatic heterocycles. The van der Waals surface area contributed by atoms with Crippen molar-refractivity contribution in [1.29, 1.82) is 0 Å². The third-order valence-electron chi connectivity index (χ3n) is 7.47. The third kappa shape index (κ3) is 7.41. The molecular weight excluding hydrogens is 594 g/mol. The van der Waals surface area contributed by atoms with Gasteiger partial charge in [-0.05, 0) is 0 Å². The van der Waals surface area contributed by atoms with E-state index in [-0.39, 0.29) is 0 Å². The lowest BCUT2D eigenvalue weighted by molar-refractivity contribution is -0.385. The Hall–Kier alpha value is -1.70. The molecule has 16 atom stereocenters. The van der Waals surface area contributed by atoms with Crippen molar-refractivity contribution in [2.24, 2.45) is 0 Å². The highest BCUT2D eigenvalue weighted by atomic mass is 16.8. The number of ether oxygens (including phenoxy) is 5. The van der Waals surface area contributed by atoms with Gasteiger partial charge in [-0.15, -0.1) is 0 Å². The Morgan fingerprint density at radius 2 is 1.53 bits per heavy atom. The number of carbonyl (C=O) groups is 2. The van der Waals surface area contributed by atoms with Crippen molar-refractivity contribution in [1.82, 2.24) is 5.32 Å². The lowest BCUT2D eigenvalue weighted by Crippen LogP contribution is -2.70. The molecule has 0 saturated carbocycles. The average molecular weight is 634 g/mol. The molecule has 0 bridgehead atoms. The quantitative estimate of drug-likeness (QED) is 0.100. The highest BCUT2D eigenvalue weighted by Crippen LogP contribution is 2.38. The lowest BCUT2D eigenvalue weighted by atomic mass is 9.88. The second kappa shape index (κ2) is 14.6. The molecule has 3 rings (SSSR count). The van der Waals surface area contributed by atoms with E-state index in [2.05, 4.69) is 5.32 Å². The molecule has 3 heterocycles. The van der Waals surface area contributed by atoms with Gasteiger partial charge in [0.15, 0.2) is 12.6 Å². The van der Waals surface area contributed by atoms with Crippen molar-refractivity contribution in [3.05, 3.63) is 0 Å². The number of carbonyl (C=O) groups excluding carboxylic acids is 1. The maximum absolute atomic E-state index is 12.5. The number of aliphatic hydroxyl groups is 11. The van der Waals surface area contributed by atoms with Crippen LogP contribution in [0.2, 0.25) is 0 Å². The van der Waals surface area contributed by atoms with Gasteiger partial charge >= 0.3 is 5.97 Å². The fraction of sp³-hybridized carbons (Fsp3) is 0.913. The molecule has 0 aromatic rings. The molecule has 20 heteroatoms. The summed E-state index contributed by atoms with van der Waals surface area (Å²) < 4.78 is 26.8. The van der Waals surface area contributed by atoms with Crippen LogP contribution in [0.3, 0.4) is 0 Å². The number of aliphatic carboxylic acids is 1. The fourth-order valence-corrected chi connectivity index (χ4v) is 5.16. The Kier molecular flexibility index (Phi) is 12.1. The first-order valence-electron chi connectivity index (χ1n) is 13.2. The summed E-state index contributed by atoms with van der Waals surface area (Å²) in [5.74, 6) is -5.74. The number of hydrogen-bond donors (Lipinski definition) is 13. The van der Waals surface area contributed by atoms with Gasteiger partial charge in [-0.3, -0.25) is 4.79 Å². The lowest BCUT2D eigenvalue weighted by Gasteiger charge is -2.50. The molecule has 13 N–H and O–H groups in total. The van der Waals surface area contributed by atoms with Crippen LogP contribution in [-0.4, -0.2) is 191 Å². The van der Waals surface area contributed by atoms with E-state index in [0.29, 0.717) is 0 Å². The van der Waals surface area contributed by atoms with Crippen LogP contribution < -0.4 is 5.32 Å². The first-order valence-corrected chi connectivity index (χ1v) is 13.2. The Balaban J connectivity index is 1.94. The summed E-state index contributed by atoms with van der Waals surface area (Å²) >= 11 is 0. The second-order valence-corrected chi connectivity index (χ2v) is 10.5. The predicted molar refractivity (Wildman–Crippen MR) is 130 cm³/mol. The first-order chi connectivity index (χ1) is 20.1. The van der Waals surface area contributed by atoms with E-state index in [4.69, 9.17) is 23.7 Å². The SMILES string of the molecule is CC(=O)N[C@H]1[C@H]([C@H](O)[C@H](O)CO)O[C@](O[C@H]2[C@@H](O)[C@@H](CO)O[C@@H](O[C@@H]3[C@H](O)[C@@H](O)C(O)O[C@@H]3CO)[C@@H]2O)(C(=O)O)C[C@@H]1O. The minimum Gasteiger partial charge on any atom is -0.477 e. The molecule has 0 aromatic carbocycles. The molecule has 3 aliphatic heterocycles. The van der Waals surface area contributed by atoms with E-state index in [9.17, 15) is 70.9 Å².